The second-order valence-corrected chi connectivity index (χ2v) is 9.76. The molecule has 1 aliphatic rings. The number of hydrogen-bond donors (Lipinski definition) is 0. The molecule has 6 rings (SSSR count). The molecule has 1 fully saturated rings. The molecule has 0 aliphatic carbocycles. The van der Waals surface area contributed by atoms with Crippen molar-refractivity contribution in [2.24, 2.45) is 0 Å². The number of aromatic nitrogens is 5. The number of benzene rings is 1. The fourth-order valence-electron chi connectivity index (χ4n) is 5.03. The molecule has 0 spiro atoms. The molecule has 5 aromatic rings. The van der Waals surface area contributed by atoms with Crippen LogP contribution in [0.25, 0.3) is 39.1 Å². The Kier molecular flexibility index (Phi) is 5.79. The van der Waals surface area contributed by atoms with Crippen LogP contribution in [0.2, 0.25) is 0 Å². The second-order valence-electron chi connectivity index (χ2n) is 9.76. The summed E-state index contributed by atoms with van der Waals surface area (Å²) in [6.07, 6.45) is 7.23. The van der Waals surface area contributed by atoms with Crippen molar-refractivity contribution in [3.05, 3.63) is 72.4 Å². The molecule has 4 aromatic heterocycles. The average molecular weight is 500 g/mol. The Labute approximate surface area is 213 Å². The van der Waals surface area contributed by atoms with Gasteiger partial charge in [-0.1, -0.05) is 0 Å². The van der Waals surface area contributed by atoms with Gasteiger partial charge in [-0.15, -0.1) is 0 Å². The fraction of sp³-hybridized carbons (Fsp3) is 0.286. The Morgan fingerprint density at radius 2 is 1.70 bits per heavy atom. The van der Waals surface area contributed by atoms with E-state index >= 15 is 0 Å². The van der Waals surface area contributed by atoms with Crippen LogP contribution in [0.3, 0.4) is 0 Å². The van der Waals surface area contributed by atoms with E-state index in [0.717, 1.165) is 55.0 Å². The highest BCUT2D eigenvalue weighted by Crippen LogP contribution is 2.32. The van der Waals surface area contributed by atoms with Crippen molar-refractivity contribution in [1.29, 1.82) is 0 Å². The van der Waals surface area contributed by atoms with E-state index in [1.165, 1.54) is 6.07 Å². The number of halogens is 2. The molecule has 0 radical (unpaired) electrons. The first-order valence-corrected chi connectivity index (χ1v) is 12.4. The zero-order valence-electron chi connectivity index (χ0n) is 21.0. The van der Waals surface area contributed by atoms with E-state index in [1.54, 1.807) is 19.3 Å². The van der Waals surface area contributed by atoms with Crippen molar-refractivity contribution in [2.75, 3.05) is 31.1 Å². The van der Waals surface area contributed by atoms with E-state index in [4.69, 9.17) is 0 Å². The summed E-state index contributed by atoms with van der Waals surface area (Å²) >= 11 is 0. The predicted octanol–water partition coefficient (Wildman–Crippen LogP) is 5.12. The normalized spacial score (nSPS) is 14.8. The minimum absolute atomic E-state index is 0.143. The van der Waals surface area contributed by atoms with Gasteiger partial charge in [-0.3, -0.25) is 14.3 Å². The number of anilines is 1. The molecule has 0 atom stereocenters. The maximum absolute atomic E-state index is 14.5. The highest BCUT2D eigenvalue weighted by molar-refractivity contribution is 5.94. The molecule has 37 heavy (non-hydrogen) atoms. The summed E-state index contributed by atoms with van der Waals surface area (Å²) in [6, 6.07) is 8.43. The fourth-order valence-corrected chi connectivity index (χ4v) is 5.03. The first-order chi connectivity index (χ1) is 17.9. The summed E-state index contributed by atoms with van der Waals surface area (Å²) in [5, 5.41) is 0.407. The second kappa shape index (κ2) is 9.15. The van der Waals surface area contributed by atoms with Crippen LogP contribution in [0.1, 0.15) is 19.5 Å². The van der Waals surface area contributed by atoms with Crippen molar-refractivity contribution in [3.8, 4) is 22.5 Å². The molecule has 0 saturated carbocycles. The Morgan fingerprint density at radius 1 is 0.892 bits per heavy atom. The maximum atomic E-state index is 14.5. The van der Waals surface area contributed by atoms with Gasteiger partial charge in [0.05, 0.1) is 30.0 Å². The highest BCUT2D eigenvalue weighted by Gasteiger charge is 2.20. The predicted molar refractivity (Wildman–Crippen MR) is 141 cm³/mol. The third kappa shape index (κ3) is 4.29. The topological polar surface area (TPSA) is 62.5 Å². The molecule has 0 bridgehead atoms. The van der Waals surface area contributed by atoms with Gasteiger partial charge in [-0.25, -0.2) is 23.7 Å². The minimum Gasteiger partial charge on any atom is -0.353 e. The summed E-state index contributed by atoms with van der Waals surface area (Å²) in [4.78, 5) is 22.9. The molecule has 188 valence electrons. The maximum Gasteiger partial charge on any atom is 0.152 e. The number of aryl methyl sites for hydroxylation is 1. The van der Waals surface area contributed by atoms with Crippen molar-refractivity contribution < 1.29 is 8.78 Å². The number of rotatable bonds is 4. The lowest BCUT2D eigenvalue weighted by Gasteiger charge is -2.37. The van der Waals surface area contributed by atoms with Gasteiger partial charge in [0.25, 0.3) is 0 Å². The zero-order valence-corrected chi connectivity index (χ0v) is 21.0. The number of nitrogens with zero attached hydrogens (tertiary/aromatic N) is 7. The van der Waals surface area contributed by atoms with Crippen LogP contribution in [-0.2, 0) is 0 Å². The smallest absolute Gasteiger partial charge is 0.152 e. The number of hydrogen-bond acceptors (Lipinski definition) is 6. The highest BCUT2D eigenvalue weighted by atomic mass is 19.1. The van der Waals surface area contributed by atoms with Crippen molar-refractivity contribution >= 4 is 22.4 Å². The van der Waals surface area contributed by atoms with E-state index in [-0.39, 0.29) is 5.52 Å². The minimum atomic E-state index is -0.681. The summed E-state index contributed by atoms with van der Waals surface area (Å²) in [5.74, 6) is -0.438. The summed E-state index contributed by atoms with van der Waals surface area (Å²) in [5.41, 5.74) is 4.52. The molecule has 7 nitrogen and oxygen atoms in total. The number of fused-ring (bicyclic) bond motifs is 2. The van der Waals surface area contributed by atoms with Gasteiger partial charge in [0.15, 0.2) is 5.82 Å². The zero-order chi connectivity index (χ0) is 25.7. The van der Waals surface area contributed by atoms with E-state index in [0.29, 0.717) is 28.3 Å². The number of imidazole rings is 1. The number of pyridine rings is 2. The summed E-state index contributed by atoms with van der Waals surface area (Å²) in [7, 11) is 0. The quantitative estimate of drug-likeness (QED) is 0.342. The third-order valence-electron chi connectivity index (χ3n) is 7.05. The average Bonchev–Trinajstić information content (AvgIpc) is 3.32. The molecule has 0 N–H and O–H groups in total. The van der Waals surface area contributed by atoms with Crippen LogP contribution in [0.15, 0.2) is 55.1 Å². The van der Waals surface area contributed by atoms with Gasteiger partial charge in [-0.2, -0.15) is 0 Å². The Morgan fingerprint density at radius 3 is 2.43 bits per heavy atom. The first-order valence-electron chi connectivity index (χ1n) is 12.4. The molecule has 1 saturated heterocycles. The van der Waals surface area contributed by atoms with Crippen LogP contribution in [0.4, 0.5) is 14.6 Å². The lowest BCUT2D eigenvalue weighted by Crippen LogP contribution is -2.49. The molecule has 0 amide bonds. The van der Waals surface area contributed by atoms with Crippen LogP contribution < -0.4 is 4.90 Å². The Hall–Kier alpha value is -3.98. The van der Waals surface area contributed by atoms with Crippen molar-refractivity contribution in [3.63, 3.8) is 0 Å². The van der Waals surface area contributed by atoms with E-state index in [9.17, 15) is 8.78 Å². The summed E-state index contributed by atoms with van der Waals surface area (Å²) in [6.45, 7) is 10.2. The largest absolute Gasteiger partial charge is 0.353 e. The van der Waals surface area contributed by atoms with Crippen LogP contribution in [0.5, 0.6) is 0 Å². The van der Waals surface area contributed by atoms with Crippen molar-refractivity contribution in [2.45, 2.75) is 26.8 Å². The van der Waals surface area contributed by atoms with Gasteiger partial charge in [0, 0.05) is 66.7 Å². The van der Waals surface area contributed by atoms with Gasteiger partial charge in [0.1, 0.15) is 22.8 Å². The molecule has 1 aromatic carbocycles. The molecule has 1 aliphatic heterocycles. The van der Waals surface area contributed by atoms with Crippen LogP contribution in [0, 0.1) is 18.6 Å². The SMILES string of the molecule is Cc1cc(-c2cnc3cc(-c4cnc(N5CCN(C(C)C)CC5)cn4)ccn23)c2cc(F)cc(F)c2n1. The molecule has 9 heteroatoms. The van der Waals surface area contributed by atoms with Gasteiger partial charge >= 0.3 is 0 Å². The van der Waals surface area contributed by atoms with Crippen LogP contribution in [-0.4, -0.2) is 61.5 Å². The van der Waals surface area contributed by atoms with Gasteiger partial charge in [0.2, 0.25) is 0 Å². The van der Waals surface area contributed by atoms with E-state index in [2.05, 4.69) is 43.6 Å². The lowest BCUT2D eigenvalue weighted by atomic mass is 10.0. The summed E-state index contributed by atoms with van der Waals surface area (Å²) < 4.78 is 30.4. The van der Waals surface area contributed by atoms with Crippen molar-refractivity contribution in [1.82, 2.24) is 29.2 Å². The lowest BCUT2D eigenvalue weighted by molar-refractivity contribution is 0.209. The number of piperazine rings is 1. The first kappa shape index (κ1) is 23.4. The molecular formula is C28H27F2N7. The Bertz CT molecular complexity index is 1600. The van der Waals surface area contributed by atoms with Crippen LogP contribution >= 0.6 is 0 Å². The van der Waals surface area contributed by atoms with E-state index < -0.39 is 11.6 Å². The standard InChI is InChI=1S/C28H27F2N7/c1-17(2)35-6-8-36(9-7-35)27-16-31-24(14-32-27)19-4-5-37-25(15-33-26(37)11-19)21-10-18(3)34-28-22(21)12-20(29)13-23(28)30/h4-5,10-17H,6-9H2,1-3H3. The van der Waals surface area contributed by atoms with Gasteiger partial charge in [-0.05, 0) is 45.0 Å². The monoisotopic (exact) mass is 499 g/mol. The van der Waals surface area contributed by atoms with Gasteiger partial charge < -0.3 is 4.90 Å². The van der Waals surface area contributed by atoms with E-state index in [1.807, 2.05) is 35.0 Å². The molecular weight excluding hydrogens is 472 g/mol. The third-order valence-corrected chi connectivity index (χ3v) is 7.05. The molecule has 0 unspecified atom stereocenters. The molecule has 5 heterocycles. The Balaban J connectivity index is 1.31.